The van der Waals surface area contributed by atoms with Gasteiger partial charge in [0.05, 0.1) is 6.61 Å². The van der Waals surface area contributed by atoms with Gasteiger partial charge < -0.3 is 34.5 Å². The summed E-state index contributed by atoms with van der Waals surface area (Å²) in [6, 6.07) is 9.22. The zero-order valence-electron chi connectivity index (χ0n) is 13.0. The number of aromatic amines is 1. The van der Waals surface area contributed by atoms with Crippen molar-refractivity contribution in [2.45, 2.75) is 37.6 Å². The van der Waals surface area contributed by atoms with Crippen molar-refractivity contribution in [3.8, 4) is 5.88 Å². The number of H-pyrrole nitrogens is 1. The largest absolute Gasteiger partial charge is 0.453 e. The van der Waals surface area contributed by atoms with Gasteiger partial charge in [-0.2, -0.15) is 0 Å². The van der Waals surface area contributed by atoms with Gasteiger partial charge >= 0.3 is 5.97 Å². The van der Waals surface area contributed by atoms with Crippen molar-refractivity contribution in [2.24, 2.45) is 0 Å². The summed E-state index contributed by atoms with van der Waals surface area (Å²) in [5.74, 6) is -0.304. The second kappa shape index (κ2) is 6.78. The van der Waals surface area contributed by atoms with Gasteiger partial charge in [0, 0.05) is 23.9 Å². The van der Waals surface area contributed by atoms with Crippen LogP contribution in [0.2, 0.25) is 0 Å². The number of rotatable bonds is 4. The predicted octanol–water partition coefficient (Wildman–Crippen LogP) is -0.0826. The molecule has 8 heteroatoms. The zero-order valence-corrected chi connectivity index (χ0v) is 13.0. The number of para-hydroxylation sites is 1. The van der Waals surface area contributed by atoms with E-state index in [0.29, 0.717) is 5.88 Å². The number of carbonyl (C=O) groups excluding carboxylic acids is 1. The molecule has 1 unspecified atom stereocenters. The first-order valence-corrected chi connectivity index (χ1v) is 7.53. The summed E-state index contributed by atoms with van der Waals surface area (Å²) < 4.78 is 16.2. The van der Waals surface area contributed by atoms with Crippen LogP contribution in [0.25, 0.3) is 10.9 Å². The fourth-order valence-electron chi connectivity index (χ4n) is 2.70. The molecule has 2 heterocycles. The van der Waals surface area contributed by atoms with Crippen LogP contribution < -0.4 is 4.74 Å². The minimum absolute atomic E-state index is 0.346. The monoisotopic (exact) mass is 337 g/mol. The Bertz CT molecular complexity index is 682. The quantitative estimate of drug-likeness (QED) is 0.576. The van der Waals surface area contributed by atoms with Crippen LogP contribution in [-0.2, 0) is 14.3 Å². The summed E-state index contributed by atoms with van der Waals surface area (Å²) in [6.07, 6.45) is -6.32. The van der Waals surface area contributed by atoms with Gasteiger partial charge in [-0.25, -0.2) is 0 Å². The number of carbonyl (C=O) groups is 1. The van der Waals surface area contributed by atoms with Gasteiger partial charge in [0.15, 0.2) is 12.0 Å². The van der Waals surface area contributed by atoms with E-state index in [1.54, 1.807) is 6.07 Å². The molecule has 1 aliphatic heterocycles. The molecule has 130 valence electrons. The molecule has 0 bridgehead atoms. The average molecular weight is 337 g/mol. The Balaban J connectivity index is 1.84. The van der Waals surface area contributed by atoms with Crippen LogP contribution in [0, 0.1) is 0 Å². The molecule has 5 atom stereocenters. The molecule has 4 N–H and O–H groups in total. The van der Waals surface area contributed by atoms with Crippen LogP contribution in [0.3, 0.4) is 0 Å². The third-order valence-electron chi connectivity index (χ3n) is 3.87. The number of benzene rings is 1. The molecule has 1 aromatic carbocycles. The fraction of sp³-hybridized carbons (Fsp3) is 0.438. The zero-order chi connectivity index (χ0) is 17.3. The van der Waals surface area contributed by atoms with Gasteiger partial charge in [0.2, 0.25) is 6.29 Å². The van der Waals surface area contributed by atoms with E-state index >= 15 is 0 Å². The lowest BCUT2D eigenvalue weighted by atomic mass is 9.99. The molecule has 8 nitrogen and oxygen atoms in total. The van der Waals surface area contributed by atoms with E-state index in [0.717, 1.165) is 10.9 Å². The lowest BCUT2D eigenvalue weighted by Gasteiger charge is -2.40. The molecular formula is C16H19NO7. The van der Waals surface area contributed by atoms with Crippen molar-refractivity contribution in [2.75, 3.05) is 6.61 Å². The van der Waals surface area contributed by atoms with Crippen molar-refractivity contribution in [3.05, 3.63) is 30.3 Å². The number of fused-ring (bicyclic) bond motifs is 1. The molecule has 0 amide bonds. The smallest absolute Gasteiger partial charge is 0.303 e. The molecule has 0 saturated carbocycles. The standard InChI is InChI=1S/C16H19NO7/c1-8(19)22-15-14(21)13(20)11(7-18)23-16(15)24-12-6-9-4-2-3-5-10(9)17-12/h2-6,11,13-18,20-21H,7H2,1H3/t11-,13-,14+,15+,16?/m1/s1. The minimum Gasteiger partial charge on any atom is -0.453 e. The number of ether oxygens (including phenoxy) is 3. The second-order valence-corrected chi connectivity index (χ2v) is 5.62. The van der Waals surface area contributed by atoms with E-state index in [1.807, 2.05) is 24.3 Å². The lowest BCUT2D eigenvalue weighted by Crippen LogP contribution is -2.61. The third kappa shape index (κ3) is 3.22. The van der Waals surface area contributed by atoms with Gasteiger partial charge in [0.25, 0.3) is 0 Å². The molecule has 0 aliphatic carbocycles. The normalized spacial score (nSPS) is 30.2. The maximum absolute atomic E-state index is 11.3. The van der Waals surface area contributed by atoms with E-state index in [9.17, 15) is 20.1 Å². The Labute approximate surface area is 137 Å². The van der Waals surface area contributed by atoms with Crippen LogP contribution in [0.4, 0.5) is 0 Å². The number of hydrogen-bond acceptors (Lipinski definition) is 7. The minimum atomic E-state index is -1.45. The number of aliphatic hydroxyl groups excluding tert-OH is 3. The van der Waals surface area contributed by atoms with Crippen LogP contribution >= 0.6 is 0 Å². The number of aliphatic hydroxyl groups is 3. The number of esters is 1. The van der Waals surface area contributed by atoms with E-state index in [2.05, 4.69) is 4.98 Å². The molecule has 1 fully saturated rings. The Morgan fingerprint density at radius 2 is 2.04 bits per heavy atom. The van der Waals surface area contributed by atoms with Gasteiger partial charge in [0.1, 0.15) is 18.3 Å². The highest BCUT2D eigenvalue weighted by Crippen LogP contribution is 2.28. The molecule has 0 radical (unpaired) electrons. The van der Waals surface area contributed by atoms with Gasteiger partial charge in [-0.1, -0.05) is 18.2 Å². The van der Waals surface area contributed by atoms with Gasteiger partial charge in [-0.15, -0.1) is 0 Å². The molecule has 0 spiro atoms. The molecule has 1 saturated heterocycles. The highest BCUT2D eigenvalue weighted by atomic mass is 16.7. The van der Waals surface area contributed by atoms with Crippen LogP contribution in [0.1, 0.15) is 6.92 Å². The summed E-state index contributed by atoms with van der Waals surface area (Å²) in [6.45, 7) is 0.662. The molecule has 1 aliphatic rings. The number of aromatic nitrogens is 1. The van der Waals surface area contributed by atoms with Crippen molar-refractivity contribution in [3.63, 3.8) is 0 Å². The van der Waals surface area contributed by atoms with E-state index in [4.69, 9.17) is 14.2 Å². The molecule has 2 aromatic rings. The topological polar surface area (TPSA) is 121 Å². The average Bonchev–Trinajstić information content (AvgIpc) is 2.96. The van der Waals surface area contributed by atoms with Crippen molar-refractivity contribution >= 4 is 16.9 Å². The molecule has 3 rings (SSSR count). The first kappa shape index (κ1) is 16.7. The Kier molecular flexibility index (Phi) is 4.72. The summed E-state index contributed by atoms with van der Waals surface area (Å²) in [5, 5.41) is 30.3. The van der Waals surface area contributed by atoms with Crippen molar-refractivity contribution in [1.82, 2.24) is 4.98 Å². The SMILES string of the molecule is CC(=O)O[C@@H]1C(Oc2cc3ccccc3[nH]2)O[C@H](CO)[C@@H](O)[C@@H]1O. The van der Waals surface area contributed by atoms with Crippen molar-refractivity contribution < 1.29 is 34.3 Å². The van der Waals surface area contributed by atoms with Crippen LogP contribution in [0.15, 0.2) is 30.3 Å². The fourth-order valence-corrected chi connectivity index (χ4v) is 2.70. The summed E-state index contributed by atoms with van der Waals surface area (Å²) >= 11 is 0. The summed E-state index contributed by atoms with van der Waals surface area (Å²) in [7, 11) is 0. The summed E-state index contributed by atoms with van der Waals surface area (Å²) in [4.78, 5) is 14.3. The first-order chi connectivity index (χ1) is 11.5. The summed E-state index contributed by atoms with van der Waals surface area (Å²) in [5.41, 5.74) is 0.839. The van der Waals surface area contributed by atoms with E-state index in [1.165, 1.54) is 6.92 Å². The Morgan fingerprint density at radius 1 is 1.29 bits per heavy atom. The highest BCUT2D eigenvalue weighted by Gasteiger charge is 2.47. The first-order valence-electron chi connectivity index (χ1n) is 7.53. The van der Waals surface area contributed by atoms with E-state index < -0.39 is 43.3 Å². The van der Waals surface area contributed by atoms with Crippen LogP contribution in [0.5, 0.6) is 5.88 Å². The van der Waals surface area contributed by atoms with E-state index in [-0.39, 0.29) is 0 Å². The Morgan fingerprint density at radius 3 is 2.71 bits per heavy atom. The maximum atomic E-state index is 11.3. The molecule has 24 heavy (non-hydrogen) atoms. The lowest BCUT2D eigenvalue weighted by molar-refractivity contribution is -0.282. The van der Waals surface area contributed by atoms with Gasteiger partial charge in [-0.3, -0.25) is 4.79 Å². The predicted molar refractivity (Wildman–Crippen MR) is 82.2 cm³/mol. The van der Waals surface area contributed by atoms with Gasteiger partial charge in [-0.05, 0) is 6.07 Å². The molecule has 1 aromatic heterocycles. The highest BCUT2D eigenvalue weighted by molar-refractivity contribution is 5.81. The maximum Gasteiger partial charge on any atom is 0.303 e. The third-order valence-corrected chi connectivity index (χ3v) is 3.87. The Hall–Kier alpha value is -2.13. The number of hydrogen-bond donors (Lipinski definition) is 4. The molecular weight excluding hydrogens is 318 g/mol. The van der Waals surface area contributed by atoms with Crippen molar-refractivity contribution in [1.29, 1.82) is 0 Å². The number of nitrogens with one attached hydrogen (secondary N) is 1. The van der Waals surface area contributed by atoms with Crippen LogP contribution in [-0.4, -0.2) is 63.6 Å². The second-order valence-electron chi connectivity index (χ2n) is 5.62.